The molecule has 0 bridgehead atoms. The van der Waals surface area contributed by atoms with Crippen LogP contribution in [-0.2, 0) is 11.3 Å². The molecule has 0 unspecified atom stereocenters. The van der Waals surface area contributed by atoms with Crippen LogP contribution in [0.3, 0.4) is 0 Å². The number of carbonyl (C=O) groups excluding carboxylic acids is 2. The van der Waals surface area contributed by atoms with Crippen LogP contribution in [0.1, 0.15) is 53.7 Å². The number of benzene rings is 2. The van der Waals surface area contributed by atoms with E-state index in [0.717, 1.165) is 24.2 Å². The fourth-order valence-electron chi connectivity index (χ4n) is 4.76. The molecule has 6 heteroatoms. The van der Waals surface area contributed by atoms with Crippen molar-refractivity contribution in [2.24, 2.45) is 5.92 Å². The SMILES string of the molecule is CCN(CC)C(=O)C1CCN(C(=O)c2cn(Cc3ccc(C)cc3)nc2-c2ccc(C)cc2)CC1. The minimum atomic E-state index is -0.00975. The van der Waals surface area contributed by atoms with Crippen molar-refractivity contribution in [3.05, 3.63) is 77.0 Å². The summed E-state index contributed by atoms with van der Waals surface area (Å²) in [7, 11) is 0. The average molecular weight is 473 g/mol. The van der Waals surface area contributed by atoms with Gasteiger partial charge < -0.3 is 9.80 Å². The second-order valence-electron chi connectivity index (χ2n) is 9.52. The normalized spacial score (nSPS) is 14.2. The van der Waals surface area contributed by atoms with Crippen LogP contribution in [0.15, 0.2) is 54.7 Å². The highest BCUT2D eigenvalue weighted by molar-refractivity contribution is 6.00. The molecule has 3 aromatic rings. The maximum Gasteiger partial charge on any atom is 0.257 e. The summed E-state index contributed by atoms with van der Waals surface area (Å²) in [5, 5.41) is 4.84. The molecule has 0 saturated carbocycles. The van der Waals surface area contributed by atoms with Gasteiger partial charge in [0, 0.05) is 43.9 Å². The van der Waals surface area contributed by atoms with Crippen molar-refractivity contribution in [1.82, 2.24) is 19.6 Å². The van der Waals surface area contributed by atoms with E-state index in [1.165, 1.54) is 11.1 Å². The molecule has 0 aliphatic carbocycles. The Hall–Kier alpha value is -3.41. The quantitative estimate of drug-likeness (QED) is 0.490. The molecule has 35 heavy (non-hydrogen) atoms. The van der Waals surface area contributed by atoms with E-state index >= 15 is 0 Å². The molecule has 0 radical (unpaired) electrons. The number of piperidine rings is 1. The van der Waals surface area contributed by atoms with Gasteiger partial charge in [-0.2, -0.15) is 5.10 Å². The third-order valence-electron chi connectivity index (χ3n) is 6.99. The van der Waals surface area contributed by atoms with Gasteiger partial charge in [0.15, 0.2) is 0 Å². The van der Waals surface area contributed by atoms with Crippen molar-refractivity contribution in [3.63, 3.8) is 0 Å². The third-order valence-corrected chi connectivity index (χ3v) is 6.99. The van der Waals surface area contributed by atoms with Crippen molar-refractivity contribution >= 4 is 11.8 Å². The predicted molar refractivity (Wildman–Crippen MR) is 139 cm³/mol. The molecule has 184 valence electrons. The lowest BCUT2D eigenvalue weighted by molar-refractivity contribution is -0.136. The lowest BCUT2D eigenvalue weighted by Gasteiger charge is -2.33. The number of likely N-dealkylation sites (tertiary alicyclic amines) is 1. The lowest BCUT2D eigenvalue weighted by Crippen LogP contribution is -2.44. The molecule has 1 aromatic heterocycles. The minimum Gasteiger partial charge on any atom is -0.343 e. The van der Waals surface area contributed by atoms with Crippen LogP contribution in [0.5, 0.6) is 0 Å². The molecule has 1 saturated heterocycles. The average Bonchev–Trinajstić information content (AvgIpc) is 3.30. The standard InChI is InChI=1S/C29H36N4O2/c1-5-31(6-2)28(34)25-15-17-32(18-16-25)29(35)26-20-33(19-23-11-7-21(3)8-12-23)30-27(26)24-13-9-22(4)10-14-24/h7-14,20,25H,5-6,15-19H2,1-4H3. The van der Waals surface area contributed by atoms with Gasteiger partial charge in [-0.1, -0.05) is 59.7 Å². The molecule has 2 aromatic carbocycles. The Bertz CT molecular complexity index is 1150. The molecule has 6 nitrogen and oxygen atoms in total. The highest BCUT2D eigenvalue weighted by Gasteiger charge is 2.31. The van der Waals surface area contributed by atoms with Crippen LogP contribution in [0.2, 0.25) is 0 Å². The van der Waals surface area contributed by atoms with Crippen molar-refractivity contribution in [1.29, 1.82) is 0 Å². The first-order valence-corrected chi connectivity index (χ1v) is 12.7. The summed E-state index contributed by atoms with van der Waals surface area (Å²) in [4.78, 5) is 30.2. The number of rotatable bonds is 7. The second kappa shape index (κ2) is 10.9. The van der Waals surface area contributed by atoms with E-state index in [4.69, 9.17) is 5.10 Å². The monoisotopic (exact) mass is 472 g/mol. The summed E-state index contributed by atoms with van der Waals surface area (Å²) >= 11 is 0. The molecular formula is C29H36N4O2. The largest absolute Gasteiger partial charge is 0.343 e. The smallest absolute Gasteiger partial charge is 0.257 e. The molecule has 0 spiro atoms. The van der Waals surface area contributed by atoms with Gasteiger partial charge in [-0.25, -0.2) is 0 Å². The Kier molecular flexibility index (Phi) is 7.69. The first kappa shape index (κ1) is 24.7. The van der Waals surface area contributed by atoms with Gasteiger partial charge in [-0.15, -0.1) is 0 Å². The van der Waals surface area contributed by atoms with E-state index in [9.17, 15) is 9.59 Å². The van der Waals surface area contributed by atoms with Gasteiger partial charge in [-0.3, -0.25) is 14.3 Å². The molecular weight excluding hydrogens is 436 g/mol. The molecule has 1 aliphatic heterocycles. The molecule has 0 N–H and O–H groups in total. The van der Waals surface area contributed by atoms with Crippen molar-refractivity contribution in [2.75, 3.05) is 26.2 Å². The Morgan fingerprint density at radius 3 is 2.06 bits per heavy atom. The highest BCUT2D eigenvalue weighted by Crippen LogP contribution is 2.27. The van der Waals surface area contributed by atoms with E-state index in [2.05, 4.69) is 38.1 Å². The Morgan fingerprint density at radius 2 is 1.49 bits per heavy atom. The Balaban J connectivity index is 1.56. The zero-order chi connectivity index (χ0) is 24.9. The third kappa shape index (κ3) is 5.64. The summed E-state index contributed by atoms with van der Waals surface area (Å²) in [6.07, 6.45) is 3.29. The molecule has 1 aliphatic rings. The zero-order valence-corrected chi connectivity index (χ0v) is 21.3. The van der Waals surface area contributed by atoms with E-state index in [0.29, 0.717) is 43.7 Å². The van der Waals surface area contributed by atoms with Crippen molar-refractivity contribution in [2.45, 2.75) is 47.1 Å². The molecule has 1 fully saturated rings. The summed E-state index contributed by atoms with van der Waals surface area (Å²) in [5.41, 5.74) is 5.79. The van der Waals surface area contributed by atoms with Gasteiger partial charge >= 0.3 is 0 Å². The first-order valence-electron chi connectivity index (χ1n) is 12.7. The minimum absolute atomic E-state index is 0.000204. The topological polar surface area (TPSA) is 58.4 Å². The van der Waals surface area contributed by atoms with Crippen LogP contribution < -0.4 is 0 Å². The number of aromatic nitrogens is 2. The maximum absolute atomic E-state index is 13.7. The number of carbonyl (C=O) groups is 2. The van der Waals surface area contributed by atoms with Gasteiger partial charge in [0.1, 0.15) is 5.69 Å². The Labute approximate surface area is 208 Å². The van der Waals surface area contributed by atoms with E-state index in [1.54, 1.807) is 0 Å². The molecule has 0 atom stereocenters. The van der Waals surface area contributed by atoms with Crippen molar-refractivity contribution < 1.29 is 9.59 Å². The van der Waals surface area contributed by atoms with E-state index < -0.39 is 0 Å². The van der Waals surface area contributed by atoms with Gasteiger partial charge in [-0.05, 0) is 46.1 Å². The fourth-order valence-corrected chi connectivity index (χ4v) is 4.76. The van der Waals surface area contributed by atoms with E-state index in [-0.39, 0.29) is 17.7 Å². The molecule has 2 heterocycles. The van der Waals surface area contributed by atoms with Crippen LogP contribution in [-0.4, -0.2) is 57.6 Å². The molecule has 2 amide bonds. The number of nitrogens with zero attached hydrogens (tertiary/aromatic N) is 4. The summed E-state index contributed by atoms with van der Waals surface area (Å²) < 4.78 is 1.86. The number of hydrogen-bond donors (Lipinski definition) is 0. The molecule has 4 rings (SSSR count). The summed E-state index contributed by atoms with van der Waals surface area (Å²) in [5.74, 6) is 0.206. The first-order chi connectivity index (χ1) is 16.9. The predicted octanol–water partition coefficient (Wildman–Crippen LogP) is 4.94. The fraction of sp³-hybridized carbons (Fsp3) is 0.414. The van der Waals surface area contributed by atoms with Crippen LogP contribution in [0.25, 0.3) is 11.3 Å². The Morgan fingerprint density at radius 1 is 0.914 bits per heavy atom. The maximum atomic E-state index is 13.7. The summed E-state index contributed by atoms with van der Waals surface area (Å²) in [6.45, 7) is 11.4. The number of hydrogen-bond acceptors (Lipinski definition) is 3. The van der Waals surface area contributed by atoms with Gasteiger partial charge in [0.2, 0.25) is 5.91 Å². The second-order valence-corrected chi connectivity index (χ2v) is 9.52. The van der Waals surface area contributed by atoms with Gasteiger partial charge in [0.05, 0.1) is 12.1 Å². The summed E-state index contributed by atoms with van der Waals surface area (Å²) in [6, 6.07) is 16.5. The number of aryl methyl sites for hydroxylation is 2. The zero-order valence-electron chi connectivity index (χ0n) is 21.3. The van der Waals surface area contributed by atoms with E-state index in [1.807, 2.05) is 58.8 Å². The van der Waals surface area contributed by atoms with Gasteiger partial charge in [0.25, 0.3) is 5.91 Å². The van der Waals surface area contributed by atoms with Crippen LogP contribution in [0, 0.1) is 19.8 Å². The number of amides is 2. The highest BCUT2D eigenvalue weighted by atomic mass is 16.2. The lowest BCUT2D eigenvalue weighted by atomic mass is 9.94. The van der Waals surface area contributed by atoms with Crippen LogP contribution >= 0.6 is 0 Å². The van der Waals surface area contributed by atoms with Crippen molar-refractivity contribution in [3.8, 4) is 11.3 Å². The van der Waals surface area contributed by atoms with Crippen LogP contribution in [0.4, 0.5) is 0 Å².